The predicted octanol–water partition coefficient (Wildman–Crippen LogP) is 0.689. The summed E-state index contributed by atoms with van der Waals surface area (Å²) in [5.41, 5.74) is 8.17. The van der Waals surface area contributed by atoms with Gasteiger partial charge >= 0.3 is 0 Å². The molecule has 2 N–H and O–H groups in total. The summed E-state index contributed by atoms with van der Waals surface area (Å²) in [6.07, 6.45) is 5.04. The molecule has 0 aliphatic rings. The second-order valence-corrected chi connectivity index (χ2v) is 2.77. The highest BCUT2D eigenvalue weighted by molar-refractivity contribution is 5.46. The Bertz CT molecular complexity index is 335. The number of ether oxygens (including phenoxy) is 1. The summed E-state index contributed by atoms with van der Waals surface area (Å²) in [6, 6.07) is 0. The van der Waals surface area contributed by atoms with Crippen LogP contribution in [0, 0.1) is 26.2 Å². The lowest BCUT2D eigenvalue weighted by atomic mass is 10.3. The fourth-order valence-electron chi connectivity index (χ4n) is 1.03. The van der Waals surface area contributed by atoms with Crippen LogP contribution in [0.15, 0.2) is 0 Å². The summed E-state index contributed by atoms with van der Waals surface area (Å²) in [6.45, 7) is 4.40. The normalized spacial score (nSPS) is 9.92. The molecule has 0 atom stereocenters. The minimum atomic E-state index is 0.290. The number of nitrogens with two attached hydrogens (primary N) is 1. The number of terminal acetylenes is 1. The summed E-state index contributed by atoms with van der Waals surface area (Å²) in [7, 11) is 0. The lowest BCUT2D eigenvalue weighted by Gasteiger charge is -2.02. The van der Waals surface area contributed by atoms with E-state index in [0.29, 0.717) is 12.4 Å². The Morgan fingerprint density at radius 3 is 2.77 bits per heavy atom. The zero-order valence-electron chi connectivity index (χ0n) is 7.87. The van der Waals surface area contributed by atoms with E-state index in [9.17, 15) is 0 Å². The van der Waals surface area contributed by atoms with Crippen molar-refractivity contribution >= 4 is 5.69 Å². The van der Waals surface area contributed by atoms with Crippen molar-refractivity contribution in [3.8, 4) is 12.3 Å². The van der Waals surface area contributed by atoms with Crippen molar-refractivity contribution in [1.29, 1.82) is 0 Å². The van der Waals surface area contributed by atoms with Crippen LogP contribution < -0.4 is 5.73 Å². The molecule has 1 aromatic rings. The second-order valence-electron chi connectivity index (χ2n) is 2.77. The van der Waals surface area contributed by atoms with Crippen LogP contribution in [-0.4, -0.2) is 16.4 Å². The second kappa shape index (κ2) is 3.97. The molecular formula is C9H13N3O. The maximum absolute atomic E-state index is 5.73. The third-order valence-corrected chi connectivity index (χ3v) is 1.84. The largest absolute Gasteiger partial charge is 0.396 e. The van der Waals surface area contributed by atoms with E-state index >= 15 is 0 Å². The molecular weight excluding hydrogens is 166 g/mol. The molecule has 0 unspecified atom stereocenters. The Labute approximate surface area is 77.7 Å². The van der Waals surface area contributed by atoms with E-state index in [1.807, 2.05) is 13.8 Å². The number of nitrogens with zero attached hydrogens (tertiary/aromatic N) is 2. The molecule has 1 aromatic heterocycles. The first kappa shape index (κ1) is 9.62. The van der Waals surface area contributed by atoms with Gasteiger partial charge in [-0.2, -0.15) is 5.10 Å². The minimum absolute atomic E-state index is 0.290. The number of aromatic nitrogens is 2. The highest BCUT2D eigenvalue weighted by atomic mass is 16.5. The Morgan fingerprint density at radius 2 is 2.31 bits per heavy atom. The molecule has 0 aliphatic heterocycles. The van der Waals surface area contributed by atoms with Gasteiger partial charge in [-0.05, 0) is 13.8 Å². The topological polar surface area (TPSA) is 53.1 Å². The first-order valence-corrected chi connectivity index (χ1v) is 3.97. The van der Waals surface area contributed by atoms with E-state index < -0.39 is 0 Å². The van der Waals surface area contributed by atoms with Crippen LogP contribution in [0.25, 0.3) is 0 Å². The average Bonchev–Trinajstić information content (AvgIpc) is 2.34. The maximum Gasteiger partial charge on any atom is 0.141 e. The number of anilines is 1. The highest BCUT2D eigenvalue weighted by Crippen LogP contribution is 2.14. The van der Waals surface area contributed by atoms with E-state index in [-0.39, 0.29) is 6.61 Å². The minimum Gasteiger partial charge on any atom is -0.396 e. The molecule has 0 saturated heterocycles. The van der Waals surface area contributed by atoms with Gasteiger partial charge in [0.15, 0.2) is 0 Å². The lowest BCUT2D eigenvalue weighted by Crippen LogP contribution is -2.06. The van der Waals surface area contributed by atoms with Crippen LogP contribution in [0.2, 0.25) is 0 Å². The van der Waals surface area contributed by atoms with E-state index in [4.69, 9.17) is 16.9 Å². The van der Waals surface area contributed by atoms with Crippen LogP contribution in [0.3, 0.4) is 0 Å². The van der Waals surface area contributed by atoms with Crippen molar-refractivity contribution in [2.45, 2.75) is 20.6 Å². The fourth-order valence-corrected chi connectivity index (χ4v) is 1.03. The molecule has 0 spiro atoms. The van der Waals surface area contributed by atoms with Gasteiger partial charge in [-0.3, -0.25) is 0 Å². The van der Waals surface area contributed by atoms with Crippen molar-refractivity contribution in [2.24, 2.45) is 0 Å². The van der Waals surface area contributed by atoms with E-state index in [0.717, 1.165) is 11.4 Å². The van der Waals surface area contributed by atoms with Gasteiger partial charge in [0.1, 0.15) is 13.3 Å². The molecule has 70 valence electrons. The van der Waals surface area contributed by atoms with Crippen molar-refractivity contribution in [3.05, 3.63) is 11.4 Å². The van der Waals surface area contributed by atoms with Gasteiger partial charge in [0.2, 0.25) is 0 Å². The van der Waals surface area contributed by atoms with Gasteiger partial charge < -0.3 is 10.5 Å². The fraction of sp³-hybridized carbons (Fsp3) is 0.444. The van der Waals surface area contributed by atoms with Crippen LogP contribution in [-0.2, 0) is 11.5 Å². The molecule has 0 aromatic carbocycles. The van der Waals surface area contributed by atoms with Gasteiger partial charge in [-0.15, -0.1) is 6.42 Å². The monoisotopic (exact) mass is 179 g/mol. The molecule has 0 aliphatic carbocycles. The zero-order valence-corrected chi connectivity index (χ0v) is 7.87. The Kier molecular flexibility index (Phi) is 2.93. The molecule has 4 nitrogen and oxygen atoms in total. The number of rotatable bonds is 3. The van der Waals surface area contributed by atoms with Crippen molar-refractivity contribution < 1.29 is 4.74 Å². The third-order valence-electron chi connectivity index (χ3n) is 1.84. The van der Waals surface area contributed by atoms with Crippen LogP contribution >= 0.6 is 0 Å². The van der Waals surface area contributed by atoms with Crippen molar-refractivity contribution in [3.63, 3.8) is 0 Å². The molecule has 4 heteroatoms. The first-order valence-electron chi connectivity index (χ1n) is 3.97. The predicted molar refractivity (Wildman–Crippen MR) is 50.9 cm³/mol. The van der Waals surface area contributed by atoms with Crippen LogP contribution in [0.4, 0.5) is 5.69 Å². The number of nitrogen functional groups attached to an aromatic ring is 1. The zero-order chi connectivity index (χ0) is 9.84. The highest BCUT2D eigenvalue weighted by Gasteiger charge is 2.06. The van der Waals surface area contributed by atoms with Gasteiger partial charge in [0, 0.05) is 0 Å². The van der Waals surface area contributed by atoms with Crippen molar-refractivity contribution in [1.82, 2.24) is 9.78 Å². The standard InChI is InChI=1S/C9H13N3O/c1-4-5-13-6-12-8(3)9(10)7(2)11-12/h1H,5-6,10H2,2-3H3. The average molecular weight is 179 g/mol. The lowest BCUT2D eigenvalue weighted by molar-refractivity contribution is 0.0931. The third kappa shape index (κ3) is 2.01. The summed E-state index contributed by atoms with van der Waals surface area (Å²) < 4.78 is 6.82. The van der Waals surface area contributed by atoms with E-state index in [2.05, 4.69) is 11.0 Å². The van der Waals surface area contributed by atoms with Gasteiger partial charge in [0.25, 0.3) is 0 Å². The van der Waals surface area contributed by atoms with Gasteiger partial charge in [0.05, 0.1) is 17.1 Å². The van der Waals surface area contributed by atoms with E-state index in [1.165, 1.54) is 0 Å². The van der Waals surface area contributed by atoms with Crippen LogP contribution in [0.5, 0.6) is 0 Å². The molecule has 1 rings (SSSR count). The SMILES string of the molecule is C#CCOCn1nc(C)c(N)c1C. The smallest absolute Gasteiger partial charge is 0.141 e. The van der Waals surface area contributed by atoms with Crippen molar-refractivity contribution in [2.75, 3.05) is 12.3 Å². The van der Waals surface area contributed by atoms with Gasteiger partial charge in [-0.1, -0.05) is 5.92 Å². The number of hydrogen-bond donors (Lipinski definition) is 1. The number of aryl methyl sites for hydroxylation is 1. The molecule has 0 bridgehead atoms. The van der Waals surface area contributed by atoms with E-state index in [1.54, 1.807) is 4.68 Å². The summed E-state index contributed by atoms with van der Waals surface area (Å²) >= 11 is 0. The van der Waals surface area contributed by atoms with Gasteiger partial charge in [-0.25, -0.2) is 4.68 Å². The number of hydrogen-bond acceptors (Lipinski definition) is 3. The summed E-state index contributed by atoms with van der Waals surface area (Å²) in [4.78, 5) is 0. The molecule has 0 saturated carbocycles. The maximum atomic E-state index is 5.73. The quantitative estimate of drug-likeness (QED) is 0.548. The van der Waals surface area contributed by atoms with Crippen LogP contribution in [0.1, 0.15) is 11.4 Å². The molecule has 1 heterocycles. The summed E-state index contributed by atoms with van der Waals surface area (Å²) in [5.74, 6) is 2.38. The molecule has 0 amide bonds. The molecule has 13 heavy (non-hydrogen) atoms. The Hall–Kier alpha value is -1.47. The first-order chi connectivity index (χ1) is 6.16. The molecule has 0 radical (unpaired) electrons. The Morgan fingerprint density at radius 1 is 1.62 bits per heavy atom. The summed E-state index contributed by atoms with van der Waals surface area (Å²) in [5, 5.41) is 4.18. The molecule has 0 fully saturated rings. The Balaban J connectivity index is 2.68.